The van der Waals surface area contributed by atoms with Gasteiger partial charge in [0.25, 0.3) is 0 Å². The zero-order valence-corrected chi connectivity index (χ0v) is 14.0. The fraction of sp³-hybridized carbons (Fsp3) is 0.350. The SMILES string of the molecule is CCC(N=C(c1ccccc1)c1ccccc1N)C(C)(C)C. The van der Waals surface area contributed by atoms with Gasteiger partial charge in [-0.25, -0.2) is 0 Å². The Labute approximate surface area is 134 Å². The molecule has 0 heterocycles. The number of rotatable bonds is 4. The van der Waals surface area contributed by atoms with Crippen LogP contribution in [0.25, 0.3) is 0 Å². The van der Waals surface area contributed by atoms with E-state index in [1.54, 1.807) is 0 Å². The fourth-order valence-electron chi connectivity index (χ4n) is 2.66. The summed E-state index contributed by atoms with van der Waals surface area (Å²) in [5.41, 5.74) is 10.2. The van der Waals surface area contributed by atoms with Crippen LogP contribution in [0.5, 0.6) is 0 Å². The number of nitrogens with two attached hydrogens (primary N) is 1. The van der Waals surface area contributed by atoms with Gasteiger partial charge in [-0.3, -0.25) is 4.99 Å². The van der Waals surface area contributed by atoms with E-state index in [1.807, 2.05) is 36.4 Å². The normalized spacial score (nSPS) is 13.9. The molecule has 1 unspecified atom stereocenters. The predicted molar refractivity (Wildman–Crippen MR) is 96.5 cm³/mol. The van der Waals surface area contributed by atoms with Crippen molar-refractivity contribution < 1.29 is 0 Å². The number of nitrogen functional groups attached to an aromatic ring is 1. The van der Waals surface area contributed by atoms with Gasteiger partial charge in [-0.15, -0.1) is 0 Å². The third-order valence-corrected chi connectivity index (χ3v) is 3.93. The van der Waals surface area contributed by atoms with Crippen LogP contribution in [-0.4, -0.2) is 11.8 Å². The standard InChI is InChI=1S/C20H26N2/c1-5-18(20(2,3)4)22-19(15-11-7-6-8-12-15)16-13-9-10-14-17(16)21/h6-14,18H,5,21H2,1-4H3. The molecule has 2 aromatic rings. The molecule has 0 aliphatic rings. The number of aliphatic imine (C=N–C) groups is 1. The quantitative estimate of drug-likeness (QED) is 0.630. The summed E-state index contributed by atoms with van der Waals surface area (Å²) in [4.78, 5) is 5.10. The third-order valence-electron chi connectivity index (χ3n) is 3.93. The molecule has 0 saturated carbocycles. The van der Waals surface area contributed by atoms with Gasteiger partial charge in [0, 0.05) is 16.8 Å². The summed E-state index contributed by atoms with van der Waals surface area (Å²) in [5, 5.41) is 0. The van der Waals surface area contributed by atoms with Crippen molar-refractivity contribution in [1.82, 2.24) is 0 Å². The Hall–Kier alpha value is -2.09. The maximum Gasteiger partial charge on any atom is 0.0743 e. The molecule has 0 radical (unpaired) electrons. The van der Waals surface area contributed by atoms with E-state index in [0.29, 0.717) is 0 Å². The Balaban J connectivity index is 2.59. The van der Waals surface area contributed by atoms with Crippen molar-refractivity contribution in [3.05, 3.63) is 65.7 Å². The number of benzene rings is 2. The first-order valence-corrected chi connectivity index (χ1v) is 7.91. The highest BCUT2D eigenvalue weighted by Gasteiger charge is 2.23. The van der Waals surface area contributed by atoms with Gasteiger partial charge < -0.3 is 5.73 Å². The molecule has 0 aliphatic heterocycles. The van der Waals surface area contributed by atoms with Gasteiger partial charge >= 0.3 is 0 Å². The van der Waals surface area contributed by atoms with Gasteiger partial charge in [-0.05, 0) is 17.9 Å². The van der Waals surface area contributed by atoms with E-state index in [-0.39, 0.29) is 11.5 Å². The van der Waals surface area contributed by atoms with E-state index in [9.17, 15) is 0 Å². The second kappa shape index (κ2) is 6.78. The van der Waals surface area contributed by atoms with Crippen LogP contribution in [0.4, 0.5) is 5.69 Å². The van der Waals surface area contributed by atoms with Gasteiger partial charge in [0.2, 0.25) is 0 Å². The Bertz CT molecular complexity index is 636. The Kier molecular flexibility index (Phi) is 5.02. The van der Waals surface area contributed by atoms with Crippen LogP contribution in [-0.2, 0) is 0 Å². The highest BCUT2D eigenvalue weighted by Crippen LogP contribution is 2.27. The molecule has 22 heavy (non-hydrogen) atoms. The van der Waals surface area contributed by atoms with Crippen LogP contribution >= 0.6 is 0 Å². The highest BCUT2D eigenvalue weighted by atomic mass is 14.8. The summed E-state index contributed by atoms with van der Waals surface area (Å²) >= 11 is 0. The number of nitrogens with zero attached hydrogens (tertiary/aromatic N) is 1. The number of para-hydroxylation sites is 1. The first-order valence-electron chi connectivity index (χ1n) is 7.91. The monoisotopic (exact) mass is 294 g/mol. The lowest BCUT2D eigenvalue weighted by Crippen LogP contribution is -2.25. The summed E-state index contributed by atoms with van der Waals surface area (Å²) in [5.74, 6) is 0. The van der Waals surface area contributed by atoms with E-state index in [1.165, 1.54) is 0 Å². The second-order valence-electron chi connectivity index (χ2n) is 6.72. The molecule has 0 aromatic heterocycles. The fourth-order valence-corrected chi connectivity index (χ4v) is 2.66. The lowest BCUT2D eigenvalue weighted by Gasteiger charge is -2.27. The largest absolute Gasteiger partial charge is 0.398 e. The van der Waals surface area contributed by atoms with Gasteiger partial charge in [-0.2, -0.15) is 0 Å². The van der Waals surface area contributed by atoms with E-state index in [0.717, 1.165) is 28.9 Å². The first kappa shape index (κ1) is 16.3. The molecule has 116 valence electrons. The molecule has 1 atom stereocenters. The van der Waals surface area contributed by atoms with Crippen molar-refractivity contribution in [2.24, 2.45) is 10.4 Å². The van der Waals surface area contributed by atoms with Crippen molar-refractivity contribution in [1.29, 1.82) is 0 Å². The Morgan fingerprint density at radius 1 is 1.00 bits per heavy atom. The van der Waals surface area contributed by atoms with Crippen LogP contribution in [0.2, 0.25) is 0 Å². The molecule has 0 aliphatic carbocycles. The van der Waals surface area contributed by atoms with Crippen LogP contribution in [0, 0.1) is 5.41 Å². The van der Waals surface area contributed by atoms with Crippen LogP contribution < -0.4 is 5.73 Å². The average molecular weight is 294 g/mol. The first-order chi connectivity index (χ1) is 10.4. The zero-order chi connectivity index (χ0) is 16.2. The molecular weight excluding hydrogens is 268 g/mol. The van der Waals surface area contributed by atoms with Crippen molar-refractivity contribution in [2.75, 3.05) is 5.73 Å². The summed E-state index contributed by atoms with van der Waals surface area (Å²) < 4.78 is 0. The minimum absolute atomic E-state index is 0.123. The smallest absolute Gasteiger partial charge is 0.0743 e. The minimum atomic E-state index is 0.123. The lowest BCUT2D eigenvalue weighted by atomic mass is 9.85. The molecule has 0 spiro atoms. The molecule has 2 rings (SSSR count). The molecule has 0 saturated heterocycles. The van der Waals surface area contributed by atoms with Crippen LogP contribution in [0.3, 0.4) is 0 Å². The van der Waals surface area contributed by atoms with E-state index >= 15 is 0 Å². The van der Waals surface area contributed by atoms with Crippen LogP contribution in [0.15, 0.2) is 59.6 Å². The van der Waals surface area contributed by atoms with Crippen molar-refractivity contribution >= 4 is 11.4 Å². The van der Waals surface area contributed by atoms with Gasteiger partial charge in [0.15, 0.2) is 0 Å². The van der Waals surface area contributed by atoms with Crippen LogP contribution in [0.1, 0.15) is 45.2 Å². The zero-order valence-electron chi connectivity index (χ0n) is 14.0. The maximum absolute atomic E-state index is 6.20. The van der Waals surface area contributed by atoms with Gasteiger partial charge in [0.05, 0.1) is 11.8 Å². The molecule has 0 amide bonds. The molecule has 2 nitrogen and oxygen atoms in total. The molecule has 0 bridgehead atoms. The van der Waals surface area contributed by atoms with Crippen molar-refractivity contribution in [3.63, 3.8) is 0 Å². The summed E-state index contributed by atoms with van der Waals surface area (Å²) in [6.45, 7) is 8.90. The molecule has 2 heteroatoms. The lowest BCUT2D eigenvalue weighted by molar-refractivity contribution is 0.315. The number of hydrogen-bond acceptors (Lipinski definition) is 2. The van der Waals surface area contributed by atoms with Crippen molar-refractivity contribution in [2.45, 2.75) is 40.2 Å². The van der Waals surface area contributed by atoms with E-state index < -0.39 is 0 Å². The van der Waals surface area contributed by atoms with E-state index in [2.05, 4.69) is 45.9 Å². The maximum atomic E-state index is 6.20. The highest BCUT2D eigenvalue weighted by molar-refractivity contribution is 6.15. The minimum Gasteiger partial charge on any atom is -0.398 e. The number of anilines is 1. The van der Waals surface area contributed by atoms with Gasteiger partial charge in [-0.1, -0.05) is 76.2 Å². The summed E-state index contributed by atoms with van der Waals surface area (Å²) in [6.07, 6.45) is 1.01. The Morgan fingerprint density at radius 2 is 1.59 bits per heavy atom. The predicted octanol–water partition coefficient (Wildman–Crippen LogP) is 4.93. The topological polar surface area (TPSA) is 38.4 Å². The molecular formula is C20H26N2. The third kappa shape index (κ3) is 3.76. The van der Waals surface area contributed by atoms with E-state index in [4.69, 9.17) is 10.7 Å². The molecule has 0 fully saturated rings. The average Bonchev–Trinajstić information content (AvgIpc) is 2.49. The molecule has 2 aromatic carbocycles. The Morgan fingerprint density at radius 3 is 2.14 bits per heavy atom. The summed E-state index contributed by atoms with van der Waals surface area (Å²) in [6, 6.07) is 18.5. The van der Waals surface area contributed by atoms with Crippen molar-refractivity contribution in [3.8, 4) is 0 Å². The van der Waals surface area contributed by atoms with Gasteiger partial charge in [0.1, 0.15) is 0 Å². The number of hydrogen-bond donors (Lipinski definition) is 1. The molecule has 2 N–H and O–H groups in total. The summed E-state index contributed by atoms with van der Waals surface area (Å²) in [7, 11) is 0. The second-order valence-corrected chi connectivity index (χ2v) is 6.72.